The Labute approximate surface area is 137 Å². The Hall–Kier alpha value is -3.34. The molecule has 0 aromatic carbocycles. The van der Waals surface area contributed by atoms with Gasteiger partial charge in [-0.3, -0.25) is 4.79 Å². The molecular weight excluding hydrogens is 316 g/mol. The number of hydrogen-bond donors (Lipinski definition) is 1. The van der Waals surface area contributed by atoms with Crippen LogP contribution in [0.1, 0.15) is 29.2 Å². The van der Waals surface area contributed by atoms with E-state index in [1.54, 1.807) is 6.92 Å². The van der Waals surface area contributed by atoms with E-state index < -0.39 is 17.9 Å². The molecule has 0 saturated heterocycles. The molecule has 0 bridgehead atoms. The van der Waals surface area contributed by atoms with Crippen LogP contribution in [0.4, 0.5) is 0 Å². The number of nitrogens with zero attached hydrogens (tertiary/aromatic N) is 1. The van der Waals surface area contributed by atoms with Crippen molar-refractivity contribution in [3.63, 3.8) is 0 Å². The van der Waals surface area contributed by atoms with Crippen LogP contribution in [-0.2, 0) is 19.1 Å². The molecule has 2 heterocycles. The molecule has 0 radical (unpaired) electrons. The Kier molecular flexibility index (Phi) is 4.84. The second-order valence-corrected chi connectivity index (χ2v) is 4.84. The van der Waals surface area contributed by atoms with E-state index in [1.807, 2.05) is 6.07 Å². The summed E-state index contributed by atoms with van der Waals surface area (Å²) >= 11 is 0. The van der Waals surface area contributed by atoms with Crippen LogP contribution in [0.5, 0.6) is 0 Å². The minimum atomic E-state index is -0.970. The molecule has 0 saturated carbocycles. The van der Waals surface area contributed by atoms with Gasteiger partial charge in [-0.05, 0) is 19.1 Å². The molecule has 0 amide bonds. The number of hydrogen-bond acceptors (Lipinski definition) is 8. The topological polar surface area (TPSA) is 119 Å². The van der Waals surface area contributed by atoms with Crippen LogP contribution >= 0.6 is 0 Å². The molecule has 0 aliphatic carbocycles. The van der Waals surface area contributed by atoms with Gasteiger partial charge in [0.05, 0.1) is 43.0 Å². The first-order chi connectivity index (χ1) is 11.5. The van der Waals surface area contributed by atoms with Crippen molar-refractivity contribution in [2.24, 2.45) is 0 Å². The monoisotopic (exact) mass is 330 g/mol. The lowest BCUT2D eigenvalue weighted by Gasteiger charge is -2.25. The molecule has 0 fully saturated rings. The number of furan rings is 1. The van der Waals surface area contributed by atoms with E-state index in [9.17, 15) is 19.6 Å². The molecule has 2 rings (SSSR count). The van der Waals surface area contributed by atoms with Crippen LogP contribution in [0.25, 0.3) is 0 Å². The fourth-order valence-corrected chi connectivity index (χ4v) is 2.43. The summed E-state index contributed by atoms with van der Waals surface area (Å²) in [6.07, 6.45) is 0.459. The van der Waals surface area contributed by atoms with Crippen LogP contribution < -0.4 is 5.32 Å². The van der Waals surface area contributed by atoms with Crippen LogP contribution in [0.15, 0.2) is 39.1 Å². The second-order valence-electron chi connectivity index (χ2n) is 4.84. The van der Waals surface area contributed by atoms with E-state index in [-0.39, 0.29) is 28.4 Å². The standard InChI is InChI=1S/C16H14N2O6/c1-8-9(6-17)13(11-4-5-12(24-11)15(20)22-2)14(16(21)23-3)10(7-19)18-8/h4-5,7,13,18H,1-3H3. The highest BCUT2D eigenvalue weighted by Gasteiger charge is 2.37. The molecular formula is C16H14N2O6. The first-order valence-electron chi connectivity index (χ1n) is 6.82. The zero-order valence-corrected chi connectivity index (χ0v) is 13.2. The van der Waals surface area contributed by atoms with Gasteiger partial charge in [0.25, 0.3) is 0 Å². The zero-order chi connectivity index (χ0) is 17.9. The highest BCUT2D eigenvalue weighted by Crippen LogP contribution is 2.38. The average Bonchev–Trinajstić information content (AvgIpc) is 3.08. The van der Waals surface area contributed by atoms with Crippen molar-refractivity contribution in [2.45, 2.75) is 12.8 Å². The van der Waals surface area contributed by atoms with Crippen molar-refractivity contribution in [3.05, 3.63) is 46.2 Å². The highest BCUT2D eigenvalue weighted by atomic mass is 16.5. The number of aldehydes is 1. The number of nitrogens with one attached hydrogen (secondary N) is 1. The largest absolute Gasteiger partial charge is 0.466 e. The van der Waals surface area contributed by atoms with Gasteiger partial charge in [-0.25, -0.2) is 9.59 Å². The number of nitriles is 1. The van der Waals surface area contributed by atoms with Gasteiger partial charge in [-0.1, -0.05) is 0 Å². The van der Waals surface area contributed by atoms with Crippen molar-refractivity contribution >= 4 is 18.2 Å². The number of ether oxygens (including phenoxy) is 2. The third-order valence-electron chi connectivity index (χ3n) is 3.54. The lowest BCUT2D eigenvalue weighted by molar-refractivity contribution is -0.136. The Bertz CT molecular complexity index is 809. The second kappa shape index (κ2) is 6.83. The molecule has 8 nitrogen and oxygen atoms in total. The van der Waals surface area contributed by atoms with Gasteiger partial charge in [0.2, 0.25) is 5.76 Å². The molecule has 1 aromatic heterocycles. The predicted octanol–water partition coefficient (Wildman–Crippen LogP) is 1.18. The number of rotatable bonds is 4. The van der Waals surface area contributed by atoms with Gasteiger partial charge in [-0.2, -0.15) is 5.26 Å². The molecule has 1 atom stereocenters. The van der Waals surface area contributed by atoms with Gasteiger partial charge >= 0.3 is 11.9 Å². The SMILES string of the molecule is COC(=O)C1=C(C=O)NC(C)=C(C#N)C1c1ccc(C(=O)OC)o1. The molecule has 124 valence electrons. The fourth-order valence-electron chi connectivity index (χ4n) is 2.43. The van der Waals surface area contributed by atoms with Gasteiger partial charge in [0.15, 0.2) is 6.29 Å². The van der Waals surface area contributed by atoms with Crippen LogP contribution in [-0.4, -0.2) is 32.4 Å². The van der Waals surface area contributed by atoms with Crippen LogP contribution in [0, 0.1) is 11.3 Å². The Balaban J connectivity index is 2.65. The fraction of sp³-hybridized carbons (Fsp3) is 0.250. The summed E-state index contributed by atoms with van der Waals surface area (Å²) in [6, 6.07) is 4.80. The number of methoxy groups -OCH3 is 2. The number of dihydropyridines is 1. The van der Waals surface area contributed by atoms with E-state index in [0.717, 1.165) is 7.11 Å². The Morgan fingerprint density at radius 1 is 1.29 bits per heavy atom. The first kappa shape index (κ1) is 17.0. The quantitative estimate of drug-likeness (QED) is 0.645. The van der Waals surface area contributed by atoms with Crippen molar-refractivity contribution in [3.8, 4) is 6.07 Å². The molecule has 1 aromatic rings. The minimum absolute atomic E-state index is 0.0284. The van der Waals surface area contributed by atoms with Gasteiger partial charge in [0.1, 0.15) is 5.76 Å². The van der Waals surface area contributed by atoms with E-state index in [0.29, 0.717) is 12.0 Å². The number of allylic oxidation sites excluding steroid dienone is 3. The maximum atomic E-state index is 12.1. The number of carbonyl (C=O) groups is 3. The van der Waals surface area contributed by atoms with Crippen molar-refractivity contribution in [2.75, 3.05) is 14.2 Å². The Morgan fingerprint density at radius 3 is 2.50 bits per heavy atom. The molecule has 1 unspecified atom stereocenters. The van der Waals surface area contributed by atoms with Crippen molar-refractivity contribution in [1.29, 1.82) is 5.26 Å². The molecule has 1 aliphatic rings. The highest BCUT2D eigenvalue weighted by molar-refractivity contribution is 5.98. The van der Waals surface area contributed by atoms with Crippen molar-refractivity contribution in [1.82, 2.24) is 5.32 Å². The summed E-state index contributed by atoms with van der Waals surface area (Å²) in [6.45, 7) is 1.59. The summed E-state index contributed by atoms with van der Waals surface area (Å²) < 4.78 is 14.7. The van der Waals surface area contributed by atoms with E-state index >= 15 is 0 Å². The van der Waals surface area contributed by atoms with Crippen LogP contribution in [0.3, 0.4) is 0 Å². The molecule has 0 spiro atoms. The van der Waals surface area contributed by atoms with Gasteiger partial charge in [0, 0.05) is 5.70 Å². The molecule has 8 heteroatoms. The summed E-state index contributed by atoms with van der Waals surface area (Å²) in [5.41, 5.74) is 0.472. The van der Waals surface area contributed by atoms with E-state index in [1.165, 1.54) is 19.2 Å². The van der Waals surface area contributed by atoms with Crippen molar-refractivity contribution < 1.29 is 28.3 Å². The maximum absolute atomic E-state index is 12.1. The number of esters is 2. The molecule has 1 N–H and O–H groups in total. The summed E-state index contributed by atoms with van der Waals surface area (Å²) in [4.78, 5) is 35.0. The minimum Gasteiger partial charge on any atom is -0.466 e. The summed E-state index contributed by atoms with van der Waals surface area (Å²) in [5.74, 6) is -2.40. The summed E-state index contributed by atoms with van der Waals surface area (Å²) in [5, 5.41) is 12.1. The lowest BCUT2D eigenvalue weighted by Crippen LogP contribution is -2.30. The number of carbonyl (C=O) groups excluding carboxylic acids is 3. The van der Waals surface area contributed by atoms with E-state index in [2.05, 4.69) is 10.1 Å². The Morgan fingerprint density at radius 2 is 1.96 bits per heavy atom. The van der Waals surface area contributed by atoms with Crippen LogP contribution in [0.2, 0.25) is 0 Å². The third-order valence-corrected chi connectivity index (χ3v) is 3.54. The van der Waals surface area contributed by atoms with Gasteiger partial charge in [-0.15, -0.1) is 0 Å². The average molecular weight is 330 g/mol. The van der Waals surface area contributed by atoms with Gasteiger partial charge < -0.3 is 19.2 Å². The first-order valence-corrected chi connectivity index (χ1v) is 6.82. The predicted molar refractivity (Wildman–Crippen MR) is 79.3 cm³/mol. The smallest absolute Gasteiger partial charge is 0.373 e. The zero-order valence-electron chi connectivity index (χ0n) is 13.2. The normalized spacial score (nSPS) is 17.0. The third kappa shape index (κ3) is 2.79. The summed E-state index contributed by atoms with van der Waals surface area (Å²) in [7, 11) is 2.36. The maximum Gasteiger partial charge on any atom is 0.373 e. The van der Waals surface area contributed by atoms with E-state index in [4.69, 9.17) is 9.15 Å². The molecule has 1 aliphatic heterocycles. The molecule has 24 heavy (non-hydrogen) atoms. The lowest BCUT2D eigenvalue weighted by atomic mass is 9.84.